The molecule has 1 aromatic rings. The lowest BCUT2D eigenvalue weighted by atomic mass is 9.78. The molecule has 0 N–H and O–H groups in total. The van der Waals surface area contributed by atoms with Gasteiger partial charge < -0.3 is 0 Å². The number of aliphatic imine (C=N–C) groups is 2. The van der Waals surface area contributed by atoms with Crippen molar-refractivity contribution < 1.29 is 0 Å². The molecule has 1 heterocycles. The van der Waals surface area contributed by atoms with E-state index in [2.05, 4.69) is 54.2 Å². The van der Waals surface area contributed by atoms with Gasteiger partial charge in [-0.2, -0.15) is 0 Å². The van der Waals surface area contributed by atoms with Gasteiger partial charge in [0.1, 0.15) is 0 Å². The summed E-state index contributed by atoms with van der Waals surface area (Å²) in [6, 6.07) is 11.0. The molecule has 0 saturated carbocycles. The minimum atomic E-state index is 0.501. The van der Waals surface area contributed by atoms with Crippen LogP contribution < -0.4 is 0 Å². The van der Waals surface area contributed by atoms with Gasteiger partial charge in [-0.3, -0.25) is 0 Å². The lowest BCUT2D eigenvalue weighted by Gasteiger charge is -2.26. The summed E-state index contributed by atoms with van der Waals surface area (Å²) in [4.78, 5) is 9.18. The fourth-order valence-electron chi connectivity index (χ4n) is 3.99. The largest absolute Gasteiger partial charge is 0.244 e. The van der Waals surface area contributed by atoms with Gasteiger partial charge in [-0.1, -0.05) is 106 Å². The Labute approximate surface area is 161 Å². The Balaban J connectivity index is 1.98. The number of benzene rings is 1. The van der Waals surface area contributed by atoms with Crippen molar-refractivity contribution in [3.05, 3.63) is 42.1 Å². The van der Waals surface area contributed by atoms with E-state index >= 15 is 0 Å². The fourth-order valence-corrected chi connectivity index (χ4v) is 3.99. The van der Waals surface area contributed by atoms with Crippen molar-refractivity contribution in [3.8, 4) is 0 Å². The highest BCUT2D eigenvalue weighted by atomic mass is 15.0. The van der Waals surface area contributed by atoms with E-state index in [0.717, 1.165) is 12.6 Å². The zero-order chi connectivity index (χ0) is 18.5. The Morgan fingerprint density at radius 3 is 2.12 bits per heavy atom. The zero-order valence-electron chi connectivity index (χ0n) is 16.9. The molecule has 1 aromatic carbocycles. The topological polar surface area (TPSA) is 24.7 Å². The molecule has 0 aromatic heterocycles. The normalized spacial score (nSPS) is 15.5. The molecule has 0 radical (unpaired) electrons. The molecule has 0 saturated heterocycles. The summed E-state index contributed by atoms with van der Waals surface area (Å²) in [7, 11) is 0. The molecule has 0 aliphatic carbocycles. The summed E-state index contributed by atoms with van der Waals surface area (Å²) in [5.74, 6) is 1.15. The van der Waals surface area contributed by atoms with Gasteiger partial charge in [-0.05, 0) is 30.7 Å². The second-order valence-electron chi connectivity index (χ2n) is 7.67. The van der Waals surface area contributed by atoms with Crippen LogP contribution in [0, 0.1) is 18.0 Å². The summed E-state index contributed by atoms with van der Waals surface area (Å²) >= 11 is 0. The SMILES string of the molecule is CCCCCCCCC(Cc1ccccc1)C(CCCC)[C+]1N=CC=N1. The van der Waals surface area contributed by atoms with Crippen LogP contribution in [-0.4, -0.2) is 12.4 Å². The van der Waals surface area contributed by atoms with Crippen LogP contribution in [-0.2, 0) is 6.42 Å². The zero-order valence-corrected chi connectivity index (χ0v) is 16.9. The van der Waals surface area contributed by atoms with E-state index in [-0.39, 0.29) is 0 Å². The molecule has 2 unspecified atom stereocenters. The predicted molar refractivity (Wildman–Crippen MR) is 115 cm³/mol. The summed E-state index contributed by atoms with van der Waals surface area (Å²) in [6.45, 7) is 4.57. The minimum Gasteiger partial charge on any atom is -0.0965 e. The van der Waals surface area contributed by atoms with Crippen molar-refractivity contribution in [3.63, 3.8) is 0 Å². The molecule has 0 bridgehead atoms. The molecule has 1 aliphatic heterocycles. The number of rotatable bonds is 14. The van der Waals surface area contributed by atoms with Crippen LogP contribution in [0.15, 0.2) is 40.3 Å². The molecule has 142 valence electrons. The van der Waals surface area contributed by atoms with Crippen molar-refractivity contribution in [1.29, 1.82) is 0 Å². The lowest BCUT2D eigenvalue weighted by molar-refractivity contribution is 0.286. The fraction of sp³-hybridized carbons (Fsp3) is 0.625. The molecule has 2 rings (SSSR count). The molecular weight excluding hydrogens is 316 g/mol. The number of hydrogen-bond acceptors (Lipinski definition) is 2. The Morgan fingerprint density at radius 1 is 0.769 bits per heavy atom. The summed E-state index contributed by atoms with van der Waals surface area (Å²) < 4.78 is 0. The summed E-state index contributed by atoms with van der Waals surface area (Å²) in [5, 5.41) is 0. The van der Waals surface area contributed by atoms with E-state index in [4.69, 9.17) is 0 Å². The molecule has 26 heavy (non-hydrogen) atoms. The van der Waals surface area contributed by atoms with Crippen LogP contribution in [0.2, 0.25) is 0 Å². The van der Waals surface area contributed by atoms with Gasteiger partial charge in [0.2, 0.25) is 6.17 Å². The molecule has 2 nitrogen and oxygen atoms in total. The maximum Gasteiger partial charge on any atom is 0.244 e. The standard InChI is InChI=1S/C24H37N2/c1-3-5-7-8-9-13-16-22(20-21-14-11-10-12-15-21)23(17-6-4-2)24-25-18-19-26-24/h10-12,14-15,18-19,22-23H,3-9,13,16-17,20H2,1-2H3/q+1. The van der Waals surface area contributed by atoms with Crippen LogP contribution >= 0.6 is 0 Å². The third-order valence-corrected chi connectivity index (χ3v) is 5.52. The monoisotopic (exact) mass is 353 g/mol. The maximum absolute atomic E-state index is 4.59. The molecule has 2 atom stereocenters. The van der Waals surface area contributed by atoms with Gasteiger partial charge in [0.15, 0.2) is 12.4 Å². The van der Waals surface area contributed by atoms with E-state index in [1.54, 1.807) is 0 Å². The molecule has 2 heteroatoms. The van der Waals surface area contributed by atoms with Gasteiger partial charge in [0.25, 0.3) is 0 Å². The second-order valence-corrected chi connectivity index (χ2v) is 7.67. The van der Waals surface area contributed by atoms with E-state index in [1.165, 1.54) is 69.8 Å². The molecule has 1 aliphatic rings. The van der Waals surface area contributed by atoms with Gasteiger partial charge in [-0.25, -0.2) is 0 Å². The quantitative estimate of drug-likeness (QED) is 0.253. The Kier molecular flexibility index (Phi) is 10.2. The second kappa shape index (κ2) is 12.7. The van der Waals surface area contributed by atoms with Gasteiger partial charge in [0.05, 0.1) is 5.92 Å². The maximum atomic E-state index is 4.59. The summed E-state index contributed by atoms with van der Waals surface area (Å²) in [6.07, 6.45) is 19.2. The summed E-state index contributed by atoms with van der Waals surface area (Å²) in [5.41, 5.74) is 1.46. The number of nitrogens with zero attached hydrogens (tertiary/aromatic N) is 2. The average molecular weight is 354 g/mol. The third kappa shape index (κ3) is 7.35. The van der Waals surface area contributed by atoms with Crippen LogP contribution in [0.25, 0.3) is 0 Å². The van der Waals surface area contributed by atoms with Gasteiger partial charge in [-0.15, -0.1) is 0 Å². The van der Waals surface area contributed by atoms with Gasteiger partial charge >= 0.3 is 0 Å². The first-order valence-electron chi connectivity index (χ1n) is 10.8. The van der Waals surface area contributed by atoms with Crippen molar-refractivity contribution in [2.24, 2.45) is 21.8 Å². The third-order valence-electron chi connectivity index (χ3n) is 5.52. The smallest absolute Gasteiger partial charge is 0.0965 e. The molecule has 0 amide bonds. The first-order valence-corrected chi connectivity index (χ1v) is 10.8. The van der Waals surface area contributed by atoms with Crippen molar-refractivity contribution in [1.82, 2.24) is 0 Å². The first kappa shape index (κ1) is 20.7. The highest BCUT2D eigenvalue weighted by molar-refractivity contribution is 6.18. The van der Waals surface area contributed by atoms with E-state index in [1.807, 2.05) is 12.4 Å². The van der Waals surface area contributed by atoms with Crippen molar-refractivity contribution in [2.75, 3.05) is 0 Å². The van der Waals surface area contributed by atoms with Gasteiger partial charge in [0, 0.05) is 0 Å². The number of unbranched alkanes of at least 4 members (excludes halogenated alkanes) is 6. The van der Waals surface area contributed by atoms with Crippen molar-refractivity contribution >= 4 is 12.4 Å². The predicted octanol–water partition coefficient (Wildman–Crippen LogP) is 7.05. The van der Waals surface area contributed by atoms with E-state index in [9.17, 15) is 0 Å². The minimum absolute atomic E-state index is 0.501. The molecule has 0 fully saturated rings. The van der Waals surface area contributed by atoms with Crippen LogP contribution in [0.4, 0.5) is 0 Å². The highest BCUT2D eigenvalue weighted by Crippen LogP contribution is 2.36. The lowest BCUT2D eigenvalue weighted by Crippen LogP contribution is -2.22. The van der Waals surface area contributed by atoms with Crippen molar-refractivity contribution in [2.45, 2.75) is 84.5 Å². The van der Waals surface area contributed by atoms with E-state index < -0.39 is 0 Å². The Bertz CT molecular complexity index is 508. The first-order chi connectivity index (χ1) is 12.8. The van der Waals surface area contributed by atoms with Crippen LogP contribution in [0.1, 0.15) is 83.6 Å². The average Bonchev–Trinajstić information content (AvgIpc) is 3.20. The molecule has 0 spiro atoms. The molecular formula is C24H37N2+. The van der Waals surface area contributed by atoms with Crippen LogP contribution in [0.5, 0.6) is 0 Å². The Hall–Kier alpha value is -1.57. The highest BCUT2D eigenvalue weighted by Gasteiger charge is 2.35. The van der Waals surface area contributed by atoms with E-state index in [0.29, 0.717) is 11.8 Å². The Morgan fingerprint density at radius 2 is 1.42 bits per heavy atom. The number of hydrogen-bond donors (Lipinski definition) is 0. The van der Waals surface area contributed by atoms with Crippen LogP contribution in [0.3, 0.4) is 0 Å².